The molecule has 0 saturated heterocycles. The molecule has 0 radical (unpaired) electrons. The van der Waals surface area contributed by atoms with Crippen LogP contribution in [-0.4, -0.2) is 6.61 Å². The minimum absolute atomic E-state index is 0.0786. The molecule has 0 spiro atoms. The van der Waals surface area contributed by atoms with Gasteiger partial charge in [0.15, 0.2) is 11.5 Å². The van der Waals surface area contributed by atoms with Gasteiger partial charge in [-0.2, -0.15) is 5.26 Å². The first-order valence-corrected chi connectivity index (χ1v) is 10.7. The summed E-state index contributed by atoms with van der Waals surface area (Å²) in [6.07, 6.45) is 0. The van der Waals surface area contributed by atoms with Gasteiger partial charge in [0.05, 0.1) is 18.1 Å². The number of fused-ring (bicyclic) bond motifs is 1. The van der Waals surface area contributed by atoms with Crippen molar-refractivity contribution in [2.75, 3.05) is 6.61 Å². The molecule has 1 aliphatic rings. The maximum atomic E-state index is 12.9. The number of allylic oxidation sites excluding steroid dienone is 1. The fourth-order valence-corrected chi connectivity index (χ4v) is 3.97. The normalized spacial score (nSPS) is 14.8. The molecule has 1 unspecified atom stereocenters. The fourth-order valence-electron chi connectivity index (χ4n) is 3.78. The van der Waals surface area contributed by atoms with Crippen molar-refractivity contribution < 1.29 is 18.6 Å². The molecule has 4 rings (SSSR count). The standard InChI is InChI=1S/C25H21ClN2O5/c1-3-30-19-10-6-8-16(23(19)31-13-15-7-4-5-9-18(15)26)21-17(12-27)24(28)33-20-11-14(2)32-25(29)22(20)21/h4-11,21H,3,13,28H2,1-2H3. The second-order valence-corrected chi connectivity index (χ2v) is 7.74. The number of nitrogens with two attached hydrogens (primary N) is 1. The Morgan fingerprint density at radius 3 is 2.70 bits per heavy atom. The highest BCUT2D eigenvalue weighted by atomic mass is 35.5. The molecule has 0 aliphatic carbocycles. The highest BCUT2D eigenvalue weighted by Gasteiger charge is 2.36. The number of halogens is 1. The van der Waals surface area contributed by atoms with E-state index in [1.54, 1.807) is 37.3 Å². The Morgan fingerprint density at radius 2 is 1.97 bits per heavy atom. The molecule has 0 saturated carbocycles. The highest BCUT2D eigenvalue weighted by Crippen LogP contribution is 2.46. The first kappa shape index (κ1) is 22.3. The van der Waals surface area contributed by atoms with Gasteiger partial charge in [-0.15, -0.1) is 0 Å². The molecule has 8 heteroatoms. The van der Waals surface area contributed by atoms with Gasteiger partial charge in [0.1, 0.15) is 29.8 Å². The Hall–Kier alpha value is -3.89. The number of nitriles is 1. The van der Waals surface area contributed by atoms with Crippen LogP contribution in [0.25, 0.3) is 0 Å². The van der Waals surface area contributed by atoms with Gasteiger partial charge in [-0.05, 0) is 26.0 Å². The topological polar surface area (TPSA) is 108 Å². The molecule has 2 heterocycles. The fraction of sp³-hybridized carbons (Fsp3) is 0.200. The van der Waals surface area contributed by atoms with Crippen molar-refractivity contribution >= 4 is 11.6 Å². The zero-order valence-corrected chi connectivity index (χ0v) is 18.8. The molecular formula is C25H21ClN2O5. The van der Waals surface area contributed by atoms with Crippen LogP contribution in [-0.2, 0) is 6.61 Å². The zero-order valence-electron chi connectivity index (χ0n) is 18.1. The van der Waals surface area contributed by atoms with Crippen LogP contribution in [0.3, 0.4) is 0 Å². The molecular weight excluding hydrogens is 444 g/mol. The average molecular weight is 465 g/mol. The summed E-state index contributed by atoms with van der Waals surface area (Å²) in [5, 5.41) is 10.4. The van der Waals surface area contributed by atoms with Gasteiger partial charge in [-0.3, -0.25) is 0 Å². The molecule has 1 aromatic heterocycles. The summed E-state index contributed by atoms with van der Waals surface area (Å²) in [5.41, 5.74) is 7.00. The van der Waals surface area contributed by atoms with Crippen LogP contribution in [0.5, 0.6) is 17.2 Å². The molecule has 168 valence electrons. The number of hydrogen-bond acceptors (Lipinski definition) is 7. The van der Waals surface area contributed by atoms with E-state index in [9.17, 15) is 10.1 Å². The van der Waals surface area contributed by atoms with Gasteiger partial charge >= 0.3 is 5.63 Å². The van der Waals surface area contributed by atoms with Crippen LogP contribution in [0.15, 0.2) is 69.2 Å². The van der Waals surface area contributed by atoms with E-state index in [1.807, 2.05) is 25.1 Å². The third kappa shape index (κ3) is 4.26. The van der Waals surface area contributed by atoms with E-state index in [0.29, 0.717) is 34.5 Å². The molecule has 1 aliphatic heterocycles. The van der Waals surface area contributed by atoms with E-state index in [0.717, 1.165) is 5.56 Å². The summed E-state index contributed by atoms with van der Waals surface area (Å²) in [7, 11) is 0. The lowest BCUT2D eigenvalue weighted by atomic mass is 9.83. The minimum atomic E-state index is -0.864. The van der Waals surface area contributed by atoms with Crippen LogP contribution in [0, 0.1) is 18.3 Å². The van der Waals surface area contributed by atoms with Crippen LogP contribution >= 0.6 is 11.6 Å². The first-order valence-electron chi connectivity index (χ1n) is 10.3. The van der Waals surface area contributed by atoms with Gasteiger partial charge < -0.3 is 24.4 Å². The van der Waals surface area contributed by atoms with Gasteiger partial charge in [-0.25, -0.2) is 4.79 Å². The summed E-state index contributed by atoms with van der Waals surface area (Å²) in [6.45, 7) is 4.02. The summed E-state index contributed by atoms with van der Waals surface area (Å²) >= 11 is 6.30. The number of benzene rings is 2. The predicted octanol–water partition coefficient (Wildman–Crippen LogP) is 4.80. The second kappa shape index (κ2) is 9.31. The number of hydrogen-bond donors (Lipinski definition) is 1. The summed E-state index contributed by atoms with van der Waals surface area (Å²) in [6, 6.07) is 16.2. The number of nitrogens with zero attached hydrogens (tertiary/aromatic N) is 1. The smallest absolute Gasteiger partial charge is 0.343 e. The Balaban J connectivity index is 1.90. The minimum Gasteiger partial charge on any atom is -0.490 e. The van der Waals surface area contributed by atoms with Crippen LogP contribution in [0.1, 0.15) is 35.3 Å². The van der Waals surface area contributed by atoms with Crippen LogP contribution in [0.2, 0.25) is 5.02 Å². The van der Waals surface area contributed by atoms with E-state index in [4.69, 9.17) is 36.0 Å². The lowest BCUT2D eigenvalue weighted by molar-refractivity contribution is 0.265. The average Bonchev–Trinajstić information content (AvgIpc) is 2.78. The van der Waals surface area contributed by atoms with Crippen LogP contribution < -0.4 is 25.6 Å². The van der Waals surface area contributed by atoms with Gasteiger partial charge in [0, 0.05) is 22.2 Å². The van der Waals surface area contributed by atoms with E-state index in [2.05, 4.69) is 6.07 Å². The van der Waals surface area contributed by atoms with Crippen molar-refractivity contribution in [1.29, 1.82) is 5.26 Å². The van der Waals surface area contributed by atoms with Crippen molar-refractivity contribution in [3.8, 4) is 23.3 Å². The monoisotopic (exact) mass is 464 g/mol. The largest absolute Gasteiger partial charge is 0.490 e. The molecule has 33 heavy (non-hydrogen) atoms. The molecule has 3 aromatic rings. The number of para-hydroxylation sites is 1. The lowest BCUT2D eigenvalue weighted by Crippen LogP contribution is -2.26. The van der Waals surface area contributed by atoms with Gasteiger partial charge in [-0.1, -0.05) is 41.9 Å². The maximum Gasteiger partial charge on any atom is 0.343 e. The lowest BCUT2D eigenvalue weighted by Gasteiger charge is -2.27. The van der Waals surface area contributed by atoms with Gasteiger partial charge in [0.2, 0.25) is 5.88 Å². The molecule has 0 amide bonds. The second-order valence-electron chi connectivity index (χ2n) is 7.33. The number of ether oxygens (including phenoxy) is 3. The third-order valence-corrected chi connectivity index (χ3v) is 5.58. The van der Waals surface area contributed by atoms with E-state index >= 15 is 0 Å². The van der Waals surface area contributed by atoms with Crippen molar-refractivity contribution in [2.24, 2.45) is 5.73 Å². The Bertz CT molecular complexity index is 1340. The Labute approximate surface area is 195 Å². The predicted molar refractivity (Wildman–Crippen MR) is 122 cm³/mol. The molecule has 2 aromatic carbocycles. The summed E-state index contributed by atoms with van der Waals surface area (Å²) in [5.74, 6) is 0.490. The van der Waals surface area contributed by atoms with Crippen molar-refractivity contribution in [3.05, 3.63) is 97.9 Å². The maximum absolute atomic E-state index is 12.9. The quantitative estimate of drug-likeness (QED) is 0.558. The first-order chi connectivity index (χ1) is 15.9. The number of aryl methyl sites for hydroxylation is 1. The molecule has 0 fully saturated rings. The SMILES string of the molecule is CCOc1cccc(C2C(C#N)=C(N)Oc3cc(C)oc(=O)c32)c1OCc1ccccc1Cl. The van der Waals surface area contributed by atoms with Crippen molar-refractivity contribution in [1.82, 2.24) is 0 Å². The van der Waals surface area contributed by atoms with E-state index in [1.165, 1.54) is 0 Å². The van der Waals surface area contributed by atoms with Gasteiger partial charge in [0.25, 0.3) is 0 Å². The highest BCUT2D eigenvalue weighted by molar-refractivity contribution is 6.31. The Kier molecular flexibility index (Phi) is 6.29. The zero-order chi connectivity index (χ0) is 23.5. The molecule has 1 atom stereocenters. The van der Waals surface area contributed by atoms with E-state index in [-0.39, 0.29) is 29.4 Å². The Morgan fingerprint density at radius 1 is 1.18 bits per heavy atom. The number of rotatable bonds is 6. The summed E-state index contributed by atoms with van der Waals surface area (Å²) in [4.78, 5) is 12.9. The molecule has 7 nitrogen and oxygen atoms in total. The van der Waals surface area contributed by atoms with E-state index < -0.39 is 11.5 Å². The van der Waals surface area contributed by atoms with Crippen molar-refractivity contribution in [3.63, 3.8) is 0 Å². The third-order valence-electron chi connectivity index (χ3n) is 5.21. The van der Waals surface area contributed by atoms with Crippen LogP contribution in [0.4, 0.5) is 0 Å². The van der Waals surface area contributed by atoms with Crippen molar-refractivity contribution in [2.45, 2.75) is 26.4 Å². The molecule has 2 N–H and O–H groups in total. The summed E-state index contributed by atoms with van der Waals surface area (Å²) < 4.78 is 22.9. The molecule has 0 bridgehead atoms.